The molecule has 1 aromatic rings. The summed E-state index contributed by atoms with van der Waals surface area (Å²) in [6, 6.07) is 1.49. The minimum atomic E-state index is -4.06. The third kappa shape index (κ3) is 2.91. The van der Waals surface area contributed by atoms with Crippen molar-refractivity contribution in [3.8, 4) is 0 Å². The molecule has 1 aromatic carbocycles. The second-order valence-corrected chi connectivity index (χ2v) is 7.82. The Balaban J connectivity index is 1.87. The molecule has 2 aliphatic rings. The molecule has 0 bridgehead atoms. The average Bonchev–Trinajstić information content (AvgIpc) is 3.03. The van der Waals surface area contributed by atoms with E-state index in [2.05, 4.69) is 0 Å². The molecular formula is C15H18F2N2O4S. The van der Waals surface area contributed by atoms with Crippen molar-refractivity contribution in [2.75, 3.05) is 26.8 Å². The van der Waals surface area contributed by atoms with E-state index in [0.717, 1.165) is 12.1 Å². The maximum atomic E-state index is 13.4. The molecule has 1 amide bonds. The number of hydrogen-bond acceptors (Lipinski definition) is 4. The van der Waals surface area contributed by atoms with Crippen LogP contribution in [0.3, 0.4) is 0 Å². The number of halogens is 2. The van der Waals surface area contributed by atoms with Crippen molar-refractivity contribution in [1.82, 2.24) is 9.21 Å². The molecule has 2 aliphatic heterocycles. The van der Waals surface area contributed by atoms with E-state index in [9.17, 15) is 22.0 Å². The minimum Gasteiger partial charge on any atom is -0.383 e. The molecule has 132 valence electrons. The fraction of sp³-hybridized carbons (Fsp3) is 0.533. The molecule has 6 nitrogen and oxygen atoms in total. The molecule has 0 saturated carbocycles. The van der Waals surface area contributed by atoms with Crippen LogP contribution in [0.5, 0.6) is 0 Å². The highest BCUT2D eigenvalue weighted by Gasteiger charge is 2.50. The molecule has 2 atom stereocenters. The van der Waals surface area contributed by atoms with Gasteiger partial charge in [0.25, 0.3) is 0 Å². The van der Waals surface area contributed by atoms with E-state index >= 15 is 0 Å². The number of amides is 1. The minimum absolute atomic E-state index is 0.0748. The van der Waals surface area contributed by atoms with E-state index in [1.54, 1.807) is 4.90 Å². The molecule has 3 rings (SSSR count). The number of likely N-dealkylation sites (tertiary alicyclic amines) is 1. The molecule has 24 heavy (non-hydrogen) atoms. The second kappa shape index (κ2) is 6.38. The van der Waals surface area contributed by atoms with Gasteiger partial charge in [-0.2, -0.15) is 4.31 Å². The lowest BCUT2D eigenvalue weighted by molar-refractivity contribution is -0.129. The number of carbonyl (C=O) groups excluding carboxylic acids is 1. The van der Waals surface area contributed by atoms with Crippen molar-refractivity contribution in [3.05, 3.63) is 29.8 Å². The molecule has 0 N–H and O–H groups in total. The molecule has 0 aromatic heterocycles. The largest absolute Gasteiger partial charge is 0.383 e. The first kappa shape index (κ1) is 17.2. The van der Waals surface area contributed by atoms with Gasteiger partial charge >= 0.3 is 0 Å². The van der Waals surface area contributed by atoms with Crippen molar-refractivity contribution in [2.45, 2.75) is 29.8 Å². The van der Waals surface area contributed by atoms with Crippen molar-refractivity contribution in [2.24, 2.45) is 0 Å². The Morgan fingerprint density at radius 3 is 2.50 bits per heavy atom. The molecule has 2 saturated heterocycles. The zero-order valence-corrected chi connectivity index (χ0v) is 13.9. The van der Waals surface area contributed by atoms with Gasteiger partial charge in [-0.1, -0.05) is 0 Å². The Hall–Kier alpha value is -1.58. The zero-order valence-electron chi connectivity index (χ0n) is 13.1. The molecule has 9 heteroatoms. The Bertz CT molecular complexity index is 736. The normalized spacial score (nSPS) is 24.6. The van der Waals surface area contributed by atoms with Gasteiger partial charge in [0.15, 0.2) is 0 Å². The summed E-state index contributed by atoms with van der Waals surface area (Å²) >= 11 is 0. The maximum Gasteiger partial charge on any atom is 0.243 e. The summed E-state index contributed by atoms with van der Waals surface area (Å²) in [6.07, 6.45) is 0.572. The fourth-order valence-corrected chi connectivity index (χ4v) is 5.19. The molecule has 0 radical (unpaired) electrons. The SMILES string of the molecule is COCCN1C(=O)C[C@H]2[C@H]1CCN2S(=O)(=O)c1cc(F)cc(F)c1. The van der Waals surface area contributed by atoms with Crippen LogP contribution in [0.15, 0.2) is 23.1 Å². The Morgan fingerprint density at radius 1 is 1.21 bits per heavy atom. The lowest BCUT2D eigenvalue weighted by Gasteiger charge is -2.25. The molecule has 0 spiro atoms. The van der Waals surface area contributed by atoms with Gasteiger partial charge in [0, 0.05) is 32.7 Å². The molecule has 0 unspecified atom stereocenters. The highest BCUT2D eigenvalue weighted by molar-refractivity contribution is 7.89. The Labute approximate surface area is 139 Å². The van der Waals surface area contributed by atoms with Crippen molar-refractivity contribution in [1.29, 1.82) is 0 Å². The lowest BCUT2D eigenvalue weighted by atomic mass is 10.1. The van der Waals surface area contributed by atoms with Crippen LogP contribution in [-0.2, 0) is 19.6 Å². The maximum absolute atomic E-state index is 13.4. The van der Waals surface area contributed by atoms with E-state index in [1.807, 2.05) is 0 Å². The summed E-state index contributed by atoms with van der Waals surface area (Å²) in [6.45, 7) is 0.988. The number of rotatable bonds is 5. The summed E-state index contributed by atoms with van der Waals surface area (Å²) in [4.78, 5) is 13.3. The van der Waals surface area contributed by atoms with Crippen LogP contribution >= 0.6 is 0 Å². The van der Waals surface area contributed by atoms with Gasteiger partial charge in [0.05, 0.1) is 23.6 Å². The standard InChI is InChI=1S/C15H18F2N2O4S/c1-23-5-4-18-13-2-3-19(14(13)9-15(18)20)24(21,22)12-7-10(16)6-11(17)8-12/h6-8,13-14H,2-5,9H2,1H3/t13-,14+/m1/s1. The predicted octanol–water partition coefficient (Wildman–Crippen LogP) is 0.975. The predicted molar refractivity (Wildman–Crippen MR) is 80.6 cm³/mol. The summed E-state index contributed by atoms with van der Waals surface area (Å²) in [5.41, 5.74) is 0. The van der Waals surface area contributed by atoms with Gasteiger partial charge in [-0.15, -0.1) is 0 Å². The smallest absolute Gasteiger partial charge is 0.243 e. The van der Waals surface area contributed by atoms with Crippen LogP contribution in [0.1, 0.15) is 12.8 Å². The Morgan fingerprint density at radius 2 is 1.88 bits per heavy atom. The Kier molecular flexibility index (Phi) is 4.58. The zero-order chi connectivity index (χ0) is 17.5. The first-order valence-electron chi connectivity index (χ1n) is 7.61. The van der Waals surface area contributed by atoms with Gasteiger partial charge in [-0.25, -0.2) is 17.2 Å². The van der Waals surface area contributed by atoms with Crippen molar-refractivity contribution < 1.29 is 26.7 Å². The van der Waals surface area contributed by atoms with Crippen molar-refractivity contribution in [3.63, 3.8) is 0 Å². The second-order valence-electron chi connectivity index (χ2n) is 5.93. The van der Waals surface area contributed by atoms with Gasteiger partial charge in [-0.05, 0) is 18.6 Å². The average molecular weight is 360 g/mol. The highest BCUT2D eigenvalue weighted by Crippen LogP contribution is 2.36. The summed E-state index contributed by atoms with van der Waals surface area (Å²) in [5, 5.41) is 0. The number of sulfonamides is 1. The van der Waals surface area contributed by atoms with Crippen LogP contribution < -0.4 is 0 Å². The molecular weight excluding hydrogens is 342 g/mol. The van der Waals surface area contributed by atoms with Gasteiger partial charge in [0.1, 0.15) is 11.6 Å². The summed E-state index contributed by atoms with van der Waals surface area (Å²) < 4.78 is 58.4. The number of nitrogens with zero attached hydrogens (tertiary/aromatic N) is 2. The number of benzene rings is 1. The summed E-state index contributed by atoms with van der Waals surface area (Å²) in [7, 11) is -2.53. The monoisotopic (exact) mass is 360 g/mol. The van der Waals surface area contributed by atoms with Crippen molar-refractivity contribution >= 4 is 15.9 Å². The van der Waals surface area contributed by atoms with E-state index in [1.165, 1.54) is 11.4 Å². The van der Waals surface area contributed by atoms with E-state index < -0.39 is 32.6 Å². The van der Waals surface area contributed by atoms with E-state index in [-0.39, 0.29) is 24.9 Å². The van der Waals surface area contributed by atoms with Crippen LogP contribution in [-0.4, -0.2) is 62.4 Å². The lowest BCUT2D eigenvalue weighted by Crippen LogP contribution is -2.40. The molecule has 0 aliphatic carbocycles. The molecule has 2 fully saturated rings. The third-order valence-electron chi connectivity index (χ3n) is 4.54. The van der Waals surface area contributed by atoms with Gasteiger partial charge in [0.2, 0.25) is 15.9 Å². The van der Waals surface area contributed by atoms with Crippen LogP contribution in [0, 0.1) is 11.6 Å². The molecule has 2 heterocycles. The van der Waals surface area contributed by atoms with E-state index in [0.29, 0.717) is 25.6 Å². The first-order chi connectivity index (χ1) is 11.3. The number of hydrogen-bond donors (Lipinski definition) is 0. The highest BCUT2D eigenvalue weighted by atomic mass is 32.2. The number of methoxy groups -OCH3 is 1. The van der Waals surface area contributed by atoms with Gasteiger partial charge in [-0.3, -0.25) is 4.79 Å². The van der Waals surface area contributed by atoms with E-state index in [4.69, 9.17) is 4.74 Å². The topological polar surface area (TPSA) is 66.9 Å². The van der Waals surface area contributed by atoms with Crippen LogP contribution in [0.2, 0.25) is 0 Å². The number of carbonyl (C=O) groups is 1. The summed E-state index contributed by atoms with van der Waals surface area (Å²) in [5.74, 6) is -2.03. The fourth-order valence-electron chi connectivity index (χ4n) is 3.48. The number of ether oxygens (including phenoxy) is 1. The van der Waals surface area contributed by atoms with Crippen LogP contribution in [0.4, 0.5) is 8.78 Å². The number of fused-ring (bicyclic) bond motifs is 1. The third-order valence-corrected chi connectivity index (χ3v) is 6.44. The van der Waals surface area contributed by atoms with Gasteiger partial charge < -0.3 is 9.64 Å². The van der Waals surface area contributed by atoms with Crippen LogP contribution in [0.25, 0.3) is 0 Å². The first-order valence-corrected chi connectivity index (χ1v) is 9.05. The quantitative estimate of drug-likeness (QED) is 0.785.